The van der Waals surface area contributed by atoms with Crippen molar-refractivity contribution in [1.29, 1.82) is 0 Å². The maximum absolute atomic E-state index is 9.00. The molecule has 116 valence electrons. The van der Waals surface area contributed by atoms with Gasteiger partial charge in [-0.15, -0.1) is 0 Å². The summed E-state index contributed by atoms with van der Waals surface area (Å²) in [7, 11) is 0. The number of hydrogen-bond acceptors (Lipinski definition) is 2. The van der Waals surface area contributed by atoms with Crippen LogP contribution in [0.3, 0.4) is 0 Å². The van der Waals surface area contributed by atoms with E-state index in [2.05, 4.69) is 20.8 Å². The fourth-order valence-corrected chi connectivity index (χ4v) is 2.45. The van der Waals surface area contributed by atoms with Crippen LogP contribution >= 0.6 is 0 Å². The molecule has 0 aromatic carbocycles. The molecule has 0 saturated carbocycles. The summed E-state index contributed by atoms with van der Waals surface area (Å²) in [6, 6.07) is 0. The van der Waals surface area contributed by atoms with Gasteiger partial charge in [-0.05, 0) is 24.8 Å². The first-order chi connectivity index (χ1) is 8.97. The number of carboxylic acid groups (broad SMARTS) is 1. The van der Waals surface area contributed by atoms with Gasteiger partial charge in [-0.1, -0.05) is 65.7 Å². The Balaban J connectivity index is 0. The highest BCUT2D eigenvalue weighted by Crippen LogP contribution is 2.36. The number of carbonyl (C=O) groups is 1. The summed E-state index contributed by atoms with van der Waals surface area (Å²) < 4.78 is 0. The predicted molar refractivity (Wildman–Crippen MR) is 83.4 cm³/mol. The molecule has 0 aliphatic rings. The van der Waals surface area contributed by atoms with Gasteiger partial charge in [0.2, 0.25) is 0 Å². The molecule has 0 unspecified atom stereocenters. The van der Waals surface area contributed by atoms with Gasteiger partial charge in [0, 0.05) is 6.92 Å². The van der Waals surface area contributed by atoms with E-state index in [0.29, 0.717) is 5.41 Å². The molecular formula is C16H35NO2. The summed E-state index contributed by atoms with van der Waals surface area (Å²) in [5, 5.41) is 7.42. The van der Waals surface area contributed by atoms with Gasteiger partial charge < -0.3 is 10.8 Å². The first-order valence-corrected chi connectivity index (χ1v) is 7.87. The van der Waals surface area contributed by atoms with E-state index in [4.69, 9.17) is 15.6 Å². The van der Waals surface area contributed by atoms with Crippen molar-refractivity contribution < 1.29 is 9.90 Å². The fourth-order valence-electron chi connectivity index (χ4n) is 2.45. The van der Waals surface area contributed by atoms with E-state index >= 15 is 0 Å². The van der Waals surface area contributed by atoms with Crippen LogP contribution in [-0.2, 0) is 4.79 Å². The van der Waals surface area contributed by atoms with Crippen LogP contribution in [-0.4, -0.2) is 17.6 Å². The summed E-state index contributed by atoms with van der Waals surface area (Å²) >= 11 is 0. The normalized spacial score (nSPS) is 10.8. The molecule has 0 radical (unpaired) electrons. The van der Waals surface area contributed by atoms with Crippen LogP contribution < -0.4 is 5.73 Å². The summed E-state index contributed by atoms with van der Waals surface area (Å²) in [5.74, 6) is -0.833. The maximum Gasteiger partial charge on any atom is 0.300 e. The molecule has 0 spiro atoms. The molecule has 0 fully saturated rings. The van der Waals surface area contributed by atoms with Gasteiger partial charge in [-0.3, -0.25) is 4.79 Å². The Morgan fingerprint density at radius 1 is 0.947 bits per heavy atom. The van der Waals surface area contributed by atoms with Gasteiger partial charge >= 0.3 is 0 Å². The van der Waals surface area contributed by atoms with E-state index in [9.17, 15) is 0 Å². The number of nitrogens with two attached hydrogens (primary N) is 1. The third-order valence-electron chi connectivity index (χ3n) is 4.16. The van der Waals surface area contributed by atoms with Gasteiger partial charge in [0.25, 0.3) is 5.97 Å². The quantitative estimate of drug-likeness (QED) is 0.572. The lowest BCUT2D eigenvalue weighted by Gasteiger charge is -2.30. The maximum atomic E-state index is 9.00. The van der Waals surface area contributed by atoms with Gasteiger partial charge in [0.15, 0.2) is 0 Å². The predicted octanol–water partition coefficient (Wildman–Crippen LogP) is 4.59. The monoisotopic (exact) mass is 273 g/mol. The molecule has 0 aliphatic heterocycles. The van der Waals surface area contributed by atoms with Gasteiger partial charge in [-0.25, -0.2) is 0 Å². The van der Waals surface area contributed by atoms with Gasteiger partial charge in [-0.2, -0.15) is 0 Å². The summed E-state index contributed by atoms with van der Waals surface area (Å²) in [5.41, 5.74) is 6.12. The summed E-state index contributed by atoms with van der Waals surface area (Å²) in [6.45, 7) is 8.99. The molecule has 0 heterocycles. The van der Waals surface area contributed by atoms with Crippen LogP contribution in [0, 0.1) is 5.41 Å². The molecule has 0 aliphatic carbocycles. The smallest absolute Gasteiger partial charge is 0.300 e. The lowest BCUT2D eigenvalue weighted by molar-refractivity contribution is -0.134. The number of hydrogen-bond donors (Lipinski definition) is 2. The second-order valence-corrected chi connectivity index (χ2v) is 5.39. The third-order valence-corrected chi connectivity index (χ3v) is 4.16. The number of rotatable bonds is 10. The van der Waals surface area contributed by atoms with Crippen molar-refractivity contribution in [3.05, 3.63) is 0 Å². The Morgan fingerprint density at radius 3 is 1.68 bits per heavy atom. The van der Waals surface area contributed by atoms with E-state index < -0.39 is 5.97 Å². The molecule has 0 rings (SSSR count). The van der Waals surface area contributed by atoms with E-state index in [1.165, 1.54) is 57.8 Å². The lowest BCUT2D eigenvalue weighted by Crippen LogP contribution is -2.17. The zero-order valence-corrected chi connectivity index (χ0v) is 13.5. The molecule has 19 heavy (non-hydrogen) atoms. The van der Waals surface area contributed by atoms with E-state index in [1.807, 2.05) is 0 Å². The number of carboxylic acids is 1. The van der Waals surface area contributed by atoms with Gasteiger partial charge in [0.05, 0.1) is 0 Å². The van der Waals surface area contributed by atoms with E-state index in [0.717, 1.165) is 13.5 Å². The van der Waals surface area contributed by atoms with Crippen LogP contribution in [0.1, 0.15) is 85.5 Å². The highest BCUT2D eigenvalue weighted by molar-refractivity contribution is 5.62. The van der Waals surface area contributed by atoms with Crippen LogP contribution in [0.15, 0.2) is 0 Å². The minimum atomic E-state index is -0.833. The van der Waals surface area contributed by atoms with Crippen LogP contribution in [0.2, 0.25) is 0 Å². The van der Waals surface area contributed by atoms with Crippen molar-refractivity contribution in [3.63, 3.8) is 0 Å². The molecule has 0 saturated heterocycles. The number of unbranched alkanes of at least 4 members (excludes halogenated alkanes) is 4. The second-order valence-electron chi connectivity index (χ2n) is 5.39. The molecule has 3 nitrogen and oxygen atoms in total. The number of aliphatic carboxylic acids is 1. The van der Waals surface area contributed by atoms with E-state index in [-0.39, 0.29) is 0 Å². The molecule has 0 bridgehead atoms. The second kappa shape index (κ2) is 13.9. The average molecular weight is 273 g/mol. The first kappa shape index (κ1) is 20.7. The minimum absolute atomic E-state index is 0.647. The van der Waals surface area contributed by atoms with Crippen LogP contribution in [0.25, 0.3) is 0 Å². The average Bonchev–Trinajstić information content (AvgIpc) is 2.38. The highest BCUT2D eigenvalue weighted by Gasteiger charge is 2.22. The zero-order valence-electron chi connectivity index (χ0n) is 13.5. The Hall–Kier alpha value is -0.570. The van der Waals surface area contributed by atoms with Gasteiger partial charge in [0.1, 0.15) is 0 Å². The Morgan fingerprint density at radius 2 is 1.32 bits per heavy atom. The molecule has 3 N–H and O–H groups in total. The van der Waals surface area contributed by atoms with Crippen LogP contribution in [0.4, 0.5) is 0 Å². The highest BCUT2D eigenvalue weighted by atomic mass is 16.4. The summed E-state index contributed by atoms with van der Waals surface area (Å²) in [4.78, 5) is 9.00. The Kier molecular flexibility index (Phi) is 15.1. The first-order valence-electron chi connectivity index (χ1n) is 7.87. The van der Waals surface area contributed by atoms with Crippen molar-refractivity contribution in [2.45, 2.75) is 85.5 Å². The molecule has 0 amide bonds. The van der Waals surface area contributed by atoms with Crippen molar-refractivity contribution in [2.75, 3.05) is 6.54 Å². The van der Waals surface area contributed by atoms with Crippen LogP contribution in [0.5, 0.6) is 0 Å². The largest absolute Gasteiger partial charge is 0.481 e. The molecule has 3 heteroatoms. The molecule has 0 atom stereocenters. The molecule has 0 aromatic heterocycles. The Bertz CT molecular complexity index is 189. The fraction of sp³-hybridized carbons (Fsp3) is 0.938. The van der Waals surface area contributed by atoms with Crippen molar-refractivity contribution in [3.8, 4) is 0 Å². The minimum Gasteiger partial charge on any atom is -0.481 e. The van der Waals surface area contributed by atoms with Crippen molar-refractivity contribution >= 4 is 5.97 Å². The van der Waals surface area contributed by atoms with E-state index in [1.54, 1.807) is 0 Å². The Labute approximate surface area is 120 Å². The topological polar surface area (TPSA) is 63.3 Å². The molecular weight excluding hydrogens is 238 g/mol. The lowest BCUT2D eigenvalue weighted by atomic mass is 9.75. The zero-order chi connectivity index (χ0) is 15.1. The van der Waals surface area contributed by atoms with Crippen molar-refractivity contribution in [2.24, 2.45) is 11.1 Å². The summed E-state index contributed by atoms with van der Waals surface area (Å²) in [6.07, 6.45) is 12.2. The molecule has 0 aromatic rings. The third kappa shape index (κ3) is 13.7. The standard InChI is InChI=1S/C14H31N.C2H4O2/c1-4-14(5-2,6-3)12-10-8-7-9-11-13-15;1-2(3)4/h4-13,15H2,1-3H3;1H3,(H,3,4). The SMILES string of the molecule is CC(=O)O.CCC(CC)(CC)CCCCCCCN. The van der Waals surface area contributed by atoms with Crippen molar-refractivity contribution in [1.82, 2.24) is 0 Å².